The number of fused-ring (bicyclic) bond motifs is 1. The number of carbonyl (C=O) groups excluding carboxylic acids is 1. The van der Waals surface area contributed by atoms with Gasteiger partial charge in [0.2, 0.25) is 6.79 Å². The molecule has 1 unspecified atom stereocenters. The quantitative estimate of drug-likeness (QED) is 0.858. The van der Waals surface area contributed by atoms with Crippen LogP contribution in [-0.2, 0) is 11.3 Å². The first-order valence-electron chi connectivity index (χ1n) is 7.64. The molecule has 6 heteroatoms. The van der Waals surface area contributed by atoms with Gasteiger partial charge in [-0.25, -0.2) is 0 Å². The highest BCUT2D eigenvalue weighted by atomic mass is 16.7. The summed E-state index contributed by atoms with van der Waals surface area (Å²) in [7, 11) is 1.95. The van der Waals surface area contributed by atoms with E-state index in [1.807, 2.05) is 25.2 Å². The number of hydrogen-bond donors (Lipinski definition) is 2. The van der Waals surface area contributed by atoms with Crippen molar-refractivity contribution in [2.24, 2.45) is 0 Å². The molecule has 0 aliphatic carbocycles. The fourth-order valence-corrected chi connectivity index (χ4v) is 2.61. The molecule has 6 nitrogen and oxygen atoms in total. The smallest absolute Gasteiger partial charge is 0.279 e. The van der Waals surface area contributed by atoms with Crippen LogP contribution >= 0.6 is 0 Å². The van der Waals surface area contributed by atoms with Crippen molar-refractivity contribution in [3.63, 3.8) is 0 Å². The first-order chi connectivity index (χ1) is 11.6. The van der Waals surface area contributed by atoms with E-state index in [-0.39, 0.29) is 12.7 Å². The van der Waals surface area contributed by atoms with Gasteiger partial charge in [0.05, 0.1) is 18.7 Å². The summed E-state index contributed by atoms with van der Waals surface area (Å²) >= 11 is 0. The molecule has 0 fully saturated rings. The van der Waals surface area contributed by atoms with Gasteiger partial charge in [0.1, 0.15) is 6.54 Å². The van der Waals surface area contributed by atoms with Crippen LogP contribution in [0.1, 0.15) is 11.1 Å². The molecule has 0 radical (unpaired) electrons. The molecule has 1 heterocycles. The van der Waals surface area contributed by atoms with Crippen LogP contribution in [0.5, 0.6) is 11.5 Å². The Morgan fingerprint density at radius 3 is 2.92 bits per heavy atom. The topological polar surface area (TPSA) is 75.8 Å². The number of benzene rings is 2. The second-order valence-electron chi connectivity index (χ2n) is 5.74. The van der Waals surface area contributed by atoms with Gasteiger partial charge < -0.3 is 19.7 Å². The number of ether oxygens (including phenoxy) is 2. The van der Waals surface area contributed by atoms with Gasteiger partial charge in [-0.2, -0.15) is 5.26 Å². The zero-order valence-electron chi connectivity index (χ0n) is 13.3. The van der Waals surface area contributed by atoms with E-state index in [9.17, 15) is 4.79 Å². The van der Waals surface area contributed by atoms with E-state index < -0.39 is 0 Å². The maximum atomic E-state index is 12.1. The first-order valence-corrected chi connectivity index (χ1v) is 7.64. The summed E-state index contributed by atoms with van der Waals surface area (Å²) < 4.78 is 10.7. The van der Waals surface area contributed by atoms with E-state index in [1.165, 1.54) is 0 Å². The van der Waals surface area contributed by atoms with Gasteiger partial charge >= 0.3 is 0 Å². The number of anilines is 1. The third-order valence-corrected chi connectivity index (χ3v) is 3.68. The normalized spacial score (nSPS) is 13.2. The van der Waals surface area contributed by atoms with Crippen LogP contribution < -0.4 is 19.7 Å². The van der Waals surface area contributed by atoms with Crippen LogP contribution in [0.25, 0.3) is 0 Å². The first kappa shape index (κ1) is 15.8. The fraction of sp³-hybridized carbons (Fsp3) is 0.222. The number of amides is 1. The summed E-state index contributed by atoms with van der Waals surface area (Å²) in [5.41, 5.74) is 2.24. The van der Waals surface area contributed by atoms with Crippen LogP contribution in [0.4, 0.5) is 5.69 Å². The Bertz CT molecular complexity index is 798. The largest absolute Gasteiger partial charge is 0.454 e. The Morgan fingerprint density at radius 1 is 1.25 bits per heavy atom. The van der Waals surface area contributed by atoms with Gasteiger partial charge in [-0.15, -0.1) is 0 Å². The Kier molecular flexibility index (Phi) is 4.64. The number of quaternary nitrogens is 1. The van der Waals surface area contributed by atoms with Crippen molar-refractivity contribution < 1.29 is 19.2 Å². The van der Waals surface area contributed by atoms with E-state index in [4.69, 9.17) is 14.7 Å². The van der Waals surface area contributed by atoms with Crippen molar-refractivity contribution >= 4 is 11.6 Å². The van der Waals surface area contributed by atoms with Gasteiger partial charge in [-0.1, -0.05) is 6.07 Å². The van der Waals surface area contributed by atoms with Crippen molar-refractivity contribution in [1.29, 1.82) is 5.26 Å². The van der Waals surface area contributed by atoms with E-state index in [0.717, 1.165) is 22.0 Å². The highest BCUT2D eigenvalue weighted by Crippen LogP contribution is 2.32. The number of likely N-dealkylation sites (N-methyl/N-ethyl adjacent to an activating group) is 1. The lowest BCUT2D eigenvalue weighted by atomic mass is 10.2. The molecule has 2 aromatic rings. The molecule has 0 spiro atoms. The van der Waals surface area contributed by atoms with Crippen molar-refractivity contribution in [3.8, 4) is 17.6 Å². The van der Waals surface area contributed by atoms with E-state index in [0.29, 0.717) is 24.3 Å². The maximum absolute atomic E-state index is 12.1. The monoisotopic (exact) mass is 324 g/mol. The summed E-state index contributed by atoms with van der Waals surface area (Å²) in [6.45, 7) is 1.28. The van der Waals surface area contributed by atoms with Crippen molar-refractivity contribution in [2.45, 2.75) is 6.54 Å². The lowest BCUT2D eigenvalue weighted by Gasteiger charge is -2.14. The lowest BCUT2D eigenvalue weighted by Crippen LogP contribution is -3.08. The molecule has 1 aliphatic rings. The van der Waals surface area contributed by atoms with Gasteiger partial charge in [-0.05, 0) is 36.4 Å². The summed E-state index contributed by atoms with van der Waals surface area (Å²) in [6.07, 6.45) is 0. The summed E-state index contributed by atoms with van der Waals surface area (Å²) in [5.74, 6) is 1.41. The van der Waals surface area contributed by atoms with Gasteiger partial charge in [0, 0.05) is 11.3 Å². The molecule has 2 aromatic carbocycles. The summed E-state index contributed by atoms with van der Waals surface area (Å²) in [4.78, 5) is 13.2. The molecular weight excluding hydrogens is 306 g/mol. The SMILES string of the molecule is C[NH+](CC(=O)Nc1cccc(C#N)c1)Cc1ccc2c(c1)OCO2. The van der Waals surface area contributed by atoms with Gasteiger partial charge in [0.25, 0.3) is 5.91 Å². The average Bonchev–Trinajstić information content (AvgIpc) is 3.02. The van der Waals surface area contributed by atoms with Crippen molar-refractivity contribution in [1.82, 2.24) is 0 Å². The predicted molar refractivity (Wildman–Crippen MR) is 87.8 cm³/mol. The lowest BCUT2D eigenvalue weighted by molar-refractivity contribution is -0.885. The van der Waals surface area contributed by atoms with Crippen LogP contribution in [0.2, 0.25) is 0 Å². The molecule has 1 atom stereocenters. The molecule has 0 bridgehead atoms. The number of carbonyl (C=O) groups is 1. The van der Waals surface area contributed by atoms with Gasteiger partial charge in [0.15, 0.2) is 18.0 Å². The van der Waals surface area contributed by atoms with Crippen molar-refractivity contribution in [2.75, 3.05) is 25.7 Å². The highest BCUT2D eigenvalue weighted by Gasteiger charge is 2.16. The van der Waals surface area contributed by atoms with Crippen LogP contribution in [-0.4, -0.2) is 26.3 Å². The molecule has 0 aromatic heterocycles. The molecule has 1 aliphatic heterocycles. The third kappa shape index (κ3) is 3.83. The minimum absolute atomic E-state index is 0.0941. The molecule has 0 saturated heterocycles. The Hall–Kier alpha value is -3.04. The average molecular weight is 324 g/mol. The molecule has 122 valence electrons. The van der Waals surface area contributed by atoms with E-state index in [2.05, 4.69) is 11.4 Å². The second-order valence-corrected chi connectivity index (χ2v) is 5.74. The number of nitrogens with zero attached hydrogens (tertiary/aromatic N) is 1. The highest BCUT2D eigenvalue weighted by molar-refractivity contribution is 5.91. The predicted octanol–water partition coefficient (Wildman–Crippen LogP) is 0.940. The zero-order valence-corrected chi connectivity index (χ0v) is 13.3. The summed E-state index contributed by atoms with van der Waals surface area (Å²) in [6, 6.07) is 14.7. The van der Waals surface area contributed by atoms with E-state index >= 15 is 0 Å². The minimum Gasteiger partial charge on any atom is -0.454 e. The molecule has 2 N–H and O–H groups in total. The zero-order chi connectivity index (χ0) is 16.9. The second kappa shape index (κ2) is 7.02. The number of nitrogens with one attached hydrogen (secondary N) is 2. The Labute approximate surface area is 140 Å². The standard InChI is InChI=1S/C18H17N3O3/c1-21(10-14-5-6-16-17(8-14)24-12-23-16)11-18(22)20-15-4-2-3-13(7-15)9-19/h2-8H,10-12H2,1H3,(H,20,22)/p+1. The van der Waals surface area contributed by atoms with E-state index in [1.54, 1.807) is 24.3 Å². The molecule has 0 saturated carbocycles. The van der Waals surface area contributed by atoms with Crippen LogP contribution in [0, 0.1) is 11.3 Å². The third-order valence-electron chi connectivity index (χ3n) is 3.68. The van der Waals surface area contributed by atoms with Crippen molar-refractivity contribution in [3.05, 3.63) is 53.6 Å². The molecule has 24 heavy (non-hydrogen) atoms. The Morgan fingerprint density at radius 2 is 2.08 bits per heavy atom. The molecule has 3 rings (SSSR count). The van der Waals surface area contributed by atoms with Gasteiger partial charge in [-0.3, -0.25) is 4.79 Å². The summed E-state index contributed by atoms with van der Waals surface area (Å²) in [5, 5.41) is 11.7. The maximum Gasteiger partial charge on any atom is 0.279 e. The molecule has 1 amide bonds. The minimum atomic E-state index is -0.0941. The number of nitriles is 1. The van der Waals surface area contributed by atoms with Crippen LogP contribution in [0.3, 0.4) is 0 Å². The number of hydrogen-bond acceptors (Lipinski definition) is 4. The number of rotatable bonds is 5. The Balaban J connectivity index is 1.55. The fourth-order valence-electron chi connectivity index (χ4n) is 2.61. The molecular formula is C18H18N3O3+. The van der Waals surface area contributed by atoms with Crippen LogP contribution in [0.15, 0.2) is 42.5 Å².